The number of aromatic nitrogens is 4. The maximum atomic E-state index is 12.7. The van der Waals surface area contributed by atoms with Crippen molar-refractivity contribution in [2.45, 2.75) is 52.7 Å². The molecule has 2 rings (SSSR count). The third kappa shape index (κ3) is 6.41. The predicted octanol–water partition coefficient (Wildman–Crippen LogP) is 2.68. The number of nitrogens with one attached hydrogen (secondary N) is 1. The minimum Gasteiger partial charge on any atom is -0.457 e. The number of aromatic amines is 1. The Labute approximate surface area is 184 Å². The van der Waals surface area contributed by atoms with E-state index in [9.17, 15) is 18.9 Å². The van der Waals surface area contributed by atoms with Gasteiger partial charge < -0.3 is 19.2 Å². The Bertz CT molecular complexity index is 993. The Balaban J connectivity index is 2.64. The van der Waals surface area contributed by atoms with Crippen molar-refractivity contribution in [3.8, 4) is 0 Å². The van der Waals surface area contributed by atoms with E-state index in [4.69, 9.17) is 14.2 Å². The Kier molecular flexibility index (Phi) is 8.97. The van der Waals surface area contributed by atoms with Crippen LogP contribution in [-0.4, -0.2) is 64.4 Å². The van der Waals surface area contributed by atoms with E-state index in [1.165, 1.54) is 0 Å². The minimum absolute atomic E-state index is 0.00903. The Hall–Kier alpha value is -3.18. The molecule has 174 valence electrons. The summed E-state index contributed by atoms with van der Waals surface area (Å²) >= 11 is 0. The molecule has 2 aromatic rings. The van der Waals surface area contributed by atoms with Crippen LogP contribution in [0.4, 0.5) is 10.6 Å². The fourth-order valence-electron chi connectivity index (χ4n) is 2.50. The number of nitrogens with zero attached hydrogens (tertiary/aromatic N) is 4. The lowest BCUT2D eigenvalue weighted by molar-refractivity contribution is -0.120. The predicted molar refractivity (Wildman–Crippen MR) is 111 cm³/mol. The molecule has 0 aliphatic rings. The first-order chi connectivity index (χ1) is 15.2. The van der Waals surface area contributed by atoms with Crippen LogP contribution in [0.25, 0.3) is 11.2 Å². The fraction of sp³-hybridized carbons (Fsp3) is 0.556. The van der Waals surface area contributed by atoms with Gasteiger partial charge in [-0.2, -0.15) is 4.52 Å². The van der Waals surface area contributed by atoms with Crippen LogP contribution in [0, 0.1) is 0 Å². The summed E-state index contributed by atoms with van der Waals surface area (Å²) in [6.07, 6.45) is -1.18. The van der Waals surface area contributed by atoms with Crippen LogP contribution < -0.4 is 4.67 Å². The molecular formula is C18H25N5O8P+. The second kappa shape index (κ2) is 11.4. The maximum Gasteiger partial charge on any atom is 0.712 e. The zero-order valence-corrected chi connectivity index (χ0v) is 19.2. The number of anilines is 1. The van der Waals surface area contributed by atoms with Crippen molar-refractivity contribution < 1.29 is 37.7 Å². The lowest BCUT2D eigenvalue weighted by atomic mass is 10.3. The van der Waals surface area contributed by atoms with E-state index < -0.39 is 32.4 Å². The van der Waals surface area contributed by atoms with Crippen LogP contribution in [0.1, 0.15) is 50.6 Å². The molecule has 1 N–H and O–H groups in total. The highest BCUT2D eigenvalue weighted by Gasteiger charge is 2.44. The van der Waals surface area contributed by atoms with Crippen LogP contribution in [-0.2, 0) is 34.5 Å². The molecule has 14 heteroatoms. The minimum atomic E-state index is -3.05. The topological polar surface area (TPSA) is 163 Å². The summed E-state index contributed by atoms with van der Waals surface area (Å²) < 4.78 is 32.9. The summed E-state index contributed by atoms with van der Waals surface area (Å²) in [6.45, 7) is 6.88. The van der Waals surface area contributed by atoms with Crippen molar-refractivity contribution >= 4 is 43.7 Å². The number of methoxy groups -OCH3 is 1. The van der Waals surface area contributed by atoms with E-state index in [1.54, 1.807) is 34.8 Å². The van der Waals surface area contributed by atoms with Crippen LogP contribution >= 0.6 is 8.18 Å². The molecule has 0 fully saturated rings. The summed E-state index contributed by atoms with van der Waals surface area (Å²) in [5.41, 5.74) is 0.0322. The van der Waals surface area contributed by atoms with E-state index in [-0.39, 0.29) is 35.1 Å². The van der Waals surface area contributed by atoms with Crippen molar-refractivity contribution in [2.24, 2.45) is 0 Å². The molecule has 13 nitrogen and oxygen atoms in total. The number of carbonyl (C=O) groups excluding carboxylic acids is 3. The van der Waals surface area contributed by atoms with Crippen molar-refractivity contribution in [1.29, 1.82) is 0 Å². The smallest absolute Gasteiger partial charge is 0.457 e. The summed E-state index contributed by atoms with van der Waals surface area (Å²) in [5.74, 6) is -0.944. The van der Waals surface area contributed by atoms with Crippen molar-refractivity contribution in [3.63, 3.8) is 0 Å². The Morgan fingerprint density at radius 1 is 1.12 bits per heavy atom. The third-order valence-corrected chi connectivity index (χ3v) is 4.62. The first-order valence-electron chi connectivity index (χ1n) is 9.72. The number of amides is 1. The quantitative estimate of drug-likeness (QED) is 0.222. The molecule has 1 unspecified atom stereocenters. The normalized spacial score (nSPS) is 11.5. The van der Waals surface area contributed by atoms with Gasteiger partial charge >= 0.3 is 26.7 Å². The number of ether oxygens (including phenoxy) is 3. The zero-order valence-electron chi connectivity index (χ0n) is 18.4. The maximum absolute atomic E-state index is 12.7. The van der Waals surface area contributed by atoms with Crippen LogP contribution in [0.3, 0.4) is 0 Å². The number of rotatable bonds is 11. The Morgan fingerprint density at radius 3 is 2.41 bits per heavy atom. The standard InChI is InChI=1S/C18H24N5O8P/c1-10(2)30-17(25)15-21-13-14(22-15)19-12(7-6-8-28-5)20-16(13)23(32(27)29-9-24)18(26)31-11(3)4/h9-11H,6-8H2,1-5H3/p+1. The molecule has 0 bridgehead atoms. The molecule has 1 amide bonds. The number of hydrogen-bond acceptors (Lipinski definition) is 11. The number of aryl methyl sites for hydroxylation is 1. The van der Waals surface area contributed by atoms with E-state index in [2.05, 4.69) is 24.5 Å². The van der Waals surface area contributed by atoms with Gasteiger partial charge in [-0.3, -0.25) is 4.79 Å². The summed E-state index contributed by atoms with van der Waals surface area (Å²) in [5, 5.41) is 0. The van der Waals surface area contributed by atoms with Crippen molar-refractivity contribution in [1.82, 2.24) is 19.9 Å². The number of imidazole rings is 1. The lowest BCUT2D eigenvalue weighted by Crippen LogP contribution is -2.29. The van der Waals surface area contributed by atoms with Gasteiger partial charge in [-0.1, -0.05) is 0 Å². The average molecular weight is 470 g/mol. The monoisotopic (exact) mass is 470 g/mol. The third-order valence-electron chi connectivity index (χ3n) is 3.67. The molecule has 2 aromatic heterocycles. The molecule has 0 aliphatic carbocycles. The summed E-state index contributed by atoms with van der Waals surface area (Å²) in [4.78, 5) is 51.2. The van der Waals surface area contributed by atoms with Gasteiger partial charge in [-0.15, -0.1) is 0 Å². The van der Waals surface area contributed by atoms with Crippen LogP contribution in [0.2, 0.25) is 0 Å². The van der Waals surface area contributed by atoms with E-state index >= 15 is 0 Å². The van der Waals surface area contributed by atoms with Gasteiger partial charge in [-0.05, 0) is 38.8 Å². The number of esters is 1. The molecule has 0 radical (unpaired) electrons. The van der Waals surface area contributed by atoms with Gasteiger partial charge in [0, 0.05) is 24.7 Å². The van der Waals surface area contributed by atoms with Gasteiger partial charge in [0.2, 0.25) is 11.6 Å². The summed E-state index contributed by atoms with van der Waals surface area (Å²) in [7, 11) is -1.51. The van der Waals surface area contributed by atoms with Crippen molar-refractivity contribution in [2.75, 3.05) is 18.4 Å². The second-order valence-electron chi connectivity index (χ2n) is 6.98. The molecule has 0 spiro atoms. The van der Waals surface area contributed by atoms with E-state index in [1.807, 2.05) is 0 Å². The van der Waals surface area contributed by atoms with Crippen molar-refractivity contribution in [3.05, 3.63) is 11.6 Å². The number of H-pyrrole nitrogens is 1. The van der Waals surface area contributed by atoms with E-state index in [0.717, 1.165) is 0 Å². The van der Waals surface area contributed by atoms with Crippen LogP contribution in [0.5, 0.6) is 0 Å². The molecule has 0 aromatic carbocycles. The van der Waals surface area contributed by atoms with Gasteiger partial charge in [-0.25, -0.2) is 24.5 Å². The van der Waals surface area contributed by atoms with E-state index in [0.29, 0.717) is 24.1 Å². The molecule has 0 aliphatic heterocycles. The molecule has 0 saturated heterocycles. The Morgan fingerprint density at radius 2 is 1.81 bits per heavy atom. The first-order valence-corrected chi connectivity index (χ1v) is 10.9. The molecular weight excluding hydrogens is 445 g/mol. The molecule has 0 saturated carbocycles. The number of hydrogen-bond donors (Lipinski definition) is 1. The first kappa shape index (κ1) is 25.1. The van der Waals surface area contributed by atoms with Gasteiger partial charge in [0.05, 0.1) is 12.2 Å². The average Bonchev–Trinajstić information content (AvgIpc) is 3.12. The molecule has 32 heavy (non-hydrogen) atoms. The zero-order chi connectivity index (χ0) is 23.8. The molecule has 1 atom stereocenters. The highest BCUT2D eigenvalue weighted by Crippen LogP contribution is 2.37. The largest absolute Gasteiger partial charge is 0.712 e. The fourth-order valence-corrected chi connectivity index (χ4v) is 3.15. The second-order valence-corrected chi connectivity index (χ2v) is 8.07. The summed E-state index contributed by atoms with van der Waals surface area (Å²) in [6, 6.07) is 0. The number of fused-ring (bicyclic) bond motifs is 1. The van der Waals surface area contributed by atoms with Crippen LogP contribution in [0.15, 0.2) is 0 Å². The lowest BCUT2D eigenvalue weighted by Gasteiger charge is -2.13. The highest BCUT2D eigenvalue weighted by atomic mass is 31.1. The van der Waals surface area contributed by atoms with Gasteiger partial charge in [0.25, 0.3) is 0 Å². The molecule has 2 heterocycles. The highest BCUT2D eigenvalue weighted by molar-refractivity contribution is 7.43. The van der Waals surface area contributed by atoms with Gasteiger partial charge in [0.1, 0.15) is 11.3 Å². The SMILES string of the molecule is COCCCc1nc(N(C(=O)OC(C)C)[P+](=O)OC=O)c2[nH]c(C(=O)OC(C)C)nc2n1. The van der Waals surface area contributed by atoms with Gasteiger partial charge in [0.15, 0.2) is 5.65 Å². The number of carbonyl (C=O) groups is 3.